The van der Waals surface area contributed by atoms with Crippen molar-refractivity contribution in [3.8, 4) is 5.75 Å². The number of hydrogen-bond donors (Lipinski definition) is 1. The lowest BCUT2D eigenvalue weighted by atomic mass is 10.1. The zero-order valence-corrected chi connectivity index (χ0v) is 16.7. The Bertz CT molecular complexity index is 841. The summed E-state index contributed by atoms with van der Waals surface area (Å²) in [5.74, 6) is 0.431. The van der Waals surface area contributed by atoms with E-state index >= 15 is 0 Å². The third-order valence-electron chi connectivity index (χ3n) is 5.05. The Hall–Kier alpha value is -3.02. The van der Waals surface area contributed by atoms with Crippen molar-refractivity contribution >= 4 is 23.2 Å². The fourth-order valence-electron chi connectivity index (χ4n) is 3.32. The fourth-order valence-corrected chi connectivity index (χ4v) is 3.32. The molecular weight excluding hydrogens is 354 g/mol. The van der Waals surface area contributed by atoms with Gasteiger partial charge in [-0.2, -0.15) is 0 Å². The molecule has 0 spiro atoms. The number of anilines is 2. The van der Waals surface area contributed by atoms with Gasteiger partial charge in [0.05, 0.1) is 7.11 Å². The maximum Gasteiger partial charge on any atom is 0.233 e. The van der Waals surface area contributed by atoms with Crippen molar-refractivity contribution in [1.82, 2.24) is 4.90 Å². The molecule has 0 bridgehead atoms. The molecule has 6 heteroatoms. The van der Waals surface area contributed by atoms with Crippen molar-refractivity contribution in [2.45, 2.75) is 20.3 Å². The first-order chi connectivity index (χ1) is 13.5. The van der Waals surface area contributed by atoms with Crippen LogP contribution in [0, 0.1) is 13.8 Å². The van der Waals surface area contributed by atoms with E-state index in [1.807, 2.05) is 56.3 Å². The quantitative estimate of drug-likeness (QED) is 0.809. The van der Waals surface area contributed by atoms with Gasteiger partial charge in [-0.3, -0.25) is 9.59 Å². The highest BCUT2D eigenvalue weighted by molar-refractivity contribution is 6.04. The van der Waals surface area contributed by atoms with Gasteiger partial charge in [0.1, 0.15) is 12.2 Å². The minimum Gasteiger partial charge on any atom is -0.497 e. The summed E-state index contributed by atoms with van der Waals surface area (Å²) in [5, 5.41) is 2.86. The standard InChI is InChI=1S/C22H27N3O3/c1-16-4-5-17(2)20(14-16)23-21(26)15-22(27)25-12-10-24(11-13-25)18-6-8-19(28-3)9-7-18/h4-9,14H,10-13,15H2,1-3H3,(H,23,26). The number of benzene rings is 2. The summed E-state index contributed by atoms with van der Waals surface area (Å²) in [6, 6.07) is 13.8. The van der Waals surface area contributed by atoms with Crippen LogP contribution in [0.5, 0.6) is 5.75 Å². The number of rotatable bonds is 5. The molecule has 0 saturated carbocycles. The van der Waals surface area contributed by atoms with Crippen LogP contribution >= 0.6 is 0 Å². The molecule has 6 nitrogen and oxygen atoms in total. The van der Waals surface area contributed by atoms with E-state index in [9.17, 15) is 9.59 Å². The summed E-state index contributed by atoms with van der Waals surface area (Å²) in [7, 11) is 1.65. The van der Waals surface area contributed by atoms with Crippen LogP contribution in [0.2, 0.25) is 0 Å². The van der Waals surface area contributed by atoms with Crippen molar-refractivity contribution in [3.05, 3.63) is 53.6 Å². The molecule has 2 aromatic carbocycles. The lowest BCUT2D eigenvalue weighted by Gasteiger charge is -2.36. The van der Waals surface area contributed by atoms with Crippen molar-refractivity contribution in [3.63, 3.8) is 0 Å². The molecule has 1 saturated heterocycles. The van der Waals surface area contributed by atoms with Gasteiger partial charge >= 0.3 is 0 Å². The van der Waals surface area contributed by atoms with E-state index in [0.717, 1.165) is 41.3 Å². The van der Waals surface area contributed by atoms with E-state index in [4.69, 9.17) is 4.74 Å². The first-order valence-corrected chi connectivity index (χ1v) is 9.50. The van der Waals surface area contributed by atoms with Crippen LogP contribution in [0.4, 0.5) is 11.4 Å². The number of aryl methyl sites for hydroxylation is 2. The van der Waals surface area contributed by atoms with Gasteiger partial charge in [0.25, 0.3) is 0 Å². The Morgan fingerprint density at radius 2 is 1.68 bits per heavy atom. The monoisotopic (exact) mass is 381 g/mol. The number of amides is 2. The van der Waals surface area contributed by atoms with Crippen LogP contribution in [-0.4, -0.2) is 50.0 Å². The van der Waals surface area contributed by atoms with E-state index in [-0.39, 0.29) is 18.2 Å². The van der Waals surface area contributed by atoms with Crippen molar-refractivity contribution in [1.29, 1.82) is 0 Å². The second kappa shape index (κ2) is 8.78. The predicted molar refractivity (Wildman–Crippen MR) is 111 cm³/mol. The molecule has 2 amide bonds. The maximum absolute atomic E-state index is 12.5. The van der Waals surface area contributed by atoms with E-state index in [1.165, 1.54) is 0 Å². The Morgan fingerprint density at radius 1 is 1.00 bits per heavy atom. The van der Waals surface area contributed by atoms with Crippen molar-refractivity contribution < 1.29 is 14.3 Å². The Balaban J connectivity index is 1.50. The van der Waals surface area contributed by atoms with Gasteiger partial charge in [-0.25, -0.2) is 0 Å². The molecule has 0 aliphatic carbocycles. The van der Waals surface area contributed by atoms with Crippen LogP contribution < -0.4 is 15.0 Å². The second-order valence-corrected chi connectivity index (χ2v) is 7.11. The van der Waals surface area contributed by atoms with E-state index < -0.39 is 0 Å². The largest absolute Gasteiger partial charge is 0.497 e. The van der Waals surface area contributed by atoms with Crippen LogP contribution in [0.1, 0.15) is 17.5 Å². The molecule has 1 heterocycles. The number of carbonyl (C=O) groups excluding carboxylic acids is 2. The van der Waals surface area contributed by atoms with E-state index in [0.29, 0.717) is 13.1 Å². The highest BCUT2D eigenvalue weighted by atomic mass is 16.5. The molecule has 3 rings (SSSR count). The van der Waals surface area contributed by atoms with Gasteiger partial charge in [-0.05, 0) is 55.3 Å². The van der Waals surface area contributed by atoms with Crippen molar-refractivity contribution in [2.75, 3.05) is 43.5 Å². The Kier molecular flexibility index (Phi) is 6.19. The van der Waals surface area contributed by atoms with Gasteiger partial charge in [-0.1, -0.05) is 12.1 Å². The average Bonchev–Trinajstić information content (AvgIpc) is 2.71. The summed E-state index contributed by atoms with van der Waals surface area (Å²) < 4.78 is 5.19. The van der Waals surface area contributed by atoms with Gasteiger partial charge in [0, 0.05) is 37.6 Å². The fraction of sp³-hybridized carbons (Fsp3) is 0.364. The van der Waals surface area contributed by atoms with E-state index in [1.54, 1.807) is 12.0 Å². The summed E-state index contributed by atoms with van der Waals surface area (Å²) >= 11 is 0. The first kappa shape index (κ1) is 19.7. The number of piperazine rings is 1. The van der Waals surface area contributed by atoms with Crippen LogP contribution in [0.15, 0.2) is 42.5 Å². The first-order valence-electron chi connectivity index (χ1n) is 9.50. The summed E-state index contributed by atoms with van der Waals surface area (Å²) in [6.07, 6.45) is -0.129. The third kappa shape index (κ3) is 4.82. The Labute approximate surface area is 166 Å². The maximum atomic E-state index is 12.5. The molecule has 0 unspecified atom stereocenters. The SMILES string of the molecule is COc1ccc(N2CCN(C(=O)CC(=O)Nc3cc(C)ccc3C)CC2)cc1. The minimum atomic E-state index is -0.267. The number of ether oxygens (including phenoxy) is 1. The molecular formula is C22H27N3O3. The molecule has 1 aliphatic heterocycles. The van der Waals surface area contributed by atoms with Crippen LogP contribution in [0.3, 0.4) is 0 Å². The smallest absolute Gasteiger partial charge is 0.233 e. The van der Waals surface area contributed by atoms with Gasteiger partial charge in [0.15, 0.2) is 0 Å². The highest BCUT2D eigenvalue weighted by Crippen LogP contribution is 2.21. The highest BCUT2D eigenvalue weighted by Gasteiger charge is 2.23. The lowest BCUT2D eigenvalue weighted by Crippen LogP contribution is -2.49. The number of carbonyl (C=O) groups is 2. The van der Waals surface area contributed by atoms with Crippen LogP contribution in [0.25, 0.3) is 0 Å². The Morgan fingerprint density at radius 3 is 2.32 bits per heavy atom. The molecule has 1 fully saturated rings. The molecule has 2 aromatic rings. The number of hydrogen-bond acceptors (Lipinski definition) is 4. The third-order valence-corrected chi connectivity index (χ3v) is 5.05. The summed E-state index contributed by atoms with van der Waals surface area (Å²) in [5.41, 5.74) is 3.93. The van der Waals surface area contributed by atoms with Crippen molar-refractivity contribution in [2.24, 2.45) is 0 Å². The molecule has 148 valence electrons. The average molecular weight is 381 g/mol. The summed E-state index contributed by atoms with van der Waals surface area (Å²) in [6.45, 7) is 6.63. The zero-order valence-electron chi connectivity index (χ0n) is 16.7. The number of nitrogens with zero attached hydrogens (tertiary/aromatic N) is 2. The van der Waals surface area contributed by atoms with Gasteiger partial charge < -0.3 is 19.9 Å². The molecule has 28 heavy (non-hydrogen) atoms. The normalized spacial score (nSPS) is 14.0. The zero-order chi connectivity index (χ0) is 20.1. The molecule has 0 atom stereocenters. The minimum absolute atomic E-state index is 0.128. The topological polar surface area (TPSA) is 61.9 Å². The lowest BCUT2D eigenvalue weighted by molar-refractivity contribution is -0.134. The summed E-state index contributed by atoms with van der Waals surface area (Å²) in [4.78, 5) is 28.8. The van der Waals surface area contributed by atoms with Crippen LogP contribution in [-0.2, 0) is 9.59 Å². The molecule has 0 aromatic heterocycles. The van der Waals surface area contributed by atoms with E-state index in [2.05, 4.69) is 10.2 Å². The molecule has 0 radical (unpaired) electrons. The molecule has 1 aliphatic rings. The van der Waals surface area contributed by atoms with Gasteiger partial charge in [0.2, 0.25) is 11.8 Å². The molecule has 1 N–H and O–H groups in total. The number of nitrogens with one attached hydrogen (secondary N) is 1. The second-order valence-electron chi connectivity index (χ2n) is 7.11. The predicted octanol–water partition coefficient (Wildman–Crippen LogP) is 2.99. The van der Waals surface area contributed by atoms with Gasteiger partial charge in [-0.15, -0.1) is 0 Å². The number of methoxy groups -OCH3 is 1.